The van der Waals surface area contributed by atoms with Gasteiger partial charge in [-0.15, -0.1) is 0 Å². The molecule has 1 saturated heterocycles. The average Bonchev–Trinajstić information content (AvgIpc) is 2.90. The molecule has 6 nitrogen and oxygen atoms in total. The number of halogens is 3. The number of aliphatic hydroxyl groups excluding tert-OH is 2. The third kappa shape index (κ3) is 6.34. The van der Waals surface area contributed by atoms with Crippen LogP contribution >= 0.6 is 0 Å². The molecule has 0 amide bonds. The summed E-state index contributed by atoms with van der Waals surface area (Å²) in [5.41, 5.74) is 0.957. The van der Waals surface area contributed by atoms with Crippen LogP contribution in [0.1, 0.15) is 49.3 Å². The first-order valence-corrected chi connectivity index (χ1v) is 12.5. The molecule has 3 N–H and O–H groups in total. The number of hydrogen-bond acceptors (Lipinski definition) is 6. The third-order valence-corrected chi connectivity index (χ3v) is 7.39. The lowest BCUT2D eigenvalue weighted by atomic mass is 9.69. The molecule has 2 heterocycles. The molecular formula is C28H33F3N2O4. The van der Waals surface area contributed by atoms with E-state index < -0.39 is 35.9 Å². The molecule has 1 fully saturated rings. The Kier molecular flexibility index (Phi) is 8.89. The van der Waals surface area contributed by atoms with Crippen molar-refractivity contribution in [3.8, 4) is 11.5 Å². The van der Waals surface area contributed by atoms with Crippen molar-refractivity contribution in [1.82, 2.24) is 10.3 Å². The van der Waals surface area contributed by atoms with Gasteiger partial charge in [0.1, 0.15) is 29.8 Å². The van der Waals surface area contributed by atoms with E-state index in [1.807, 2.05) is 0 Å². The standard InChI is InChI=1S/C28H33F3N2O4/c1-36-21-2-3-24-23(15-21)27(18(16-29)17-33-24)25(34)4-6-28(7-9-32-10-8-28)26(35)5-11-37-22-13-19(30)12-20(31)14-22/h2-3,12-15,17,25-26,32,34-35H,4-11,16H2,1H3/t25-,26+/m1/s1. The molecule has 4 rings (SSSR count). The number of aliphatic hydroxyl groups is 2. The normalized spacial score (nSPS) is 16.9. The lowest BCUT2D eigenvalue weighted by Gasteiger charge is -2.42. The molecule has 0 bridgehead atoms. The predicted octanol–water partition coefficient (Wildman–Crippen LogP) is 5.00. The number of aromatic nitrogens is 1. The van der Waals surface area contributed by atoms with Crippen LogP contribution in [0.25, 0.3) is 10.9 Å². The van der Waals surface area contributed by atoms with Crippen LogP contribution in [0, 0.1) is 17.0 Å². The van der Waals surface area contributed by atoms with Gasteiger partial charge in [0.25, 0.3) is 0 Å². The van der Waals surface area contributed by atoms with E-state index >= 15 is 0 Å². The summed E-state index contributed by atoms with van der Waals surface area (Å²) >= 11 is 0. The molecule has 0 aliphatic carbocycles. The van der Waals surface area contributed by atoms with Gasteiger partial charge in [-0.05, 0) is 68.0 Å². The zero-order valence-electron chi connectivity index (χ0n) is 20.9. The molecule has 2 atom stereocenters. The second-order valence-corrected chi connectivity index (χ2v) is 9.64. The number of benzene rings is 2. The zero-order valence-corrected chi connectivity index (χ0v) is 20.9. The van der Waals surface area contributed by atoms with Crippen LogP contribution in [0.3, 0.4) is 0 Å². The number of pyridine rings is 1. The second-order valence-electron chi connectivity index (χ2n) is 9.64. The van der Waals surface area contributed by atoms with Crippen molar-refractivity contribution in [1.29, 1.82) is 0 Å². The number of methoxy groups -OCH3 is 1. The molecule has 1 aliphatic heterocycles. The van der Waals surface area contributed by atoms with Crippen LogP contribution in [-0.2, 0) is 6.67 Å². The minimum atomic E-state index is -0.964. The molecule has 37 heavy (non-hydrogen) atoms. The number of alkyl halides is 1. The van der Waals surface area contributed by atoms with Gasteiger partial charge in [-0.3, -0.25) is 4.98 Å². The minimum Gasteiger partial charge on any atom is -0.497 e. The lowest BCUT2D eigenvalue weighted by Crippen LogP contribution is -2.45. The number of nitrogens with one attached hydrogen (secondary N) is 1. The summed E-state index contributed by atoms with van der Waals surface area (Å²) < 4.78 is 51.6. The molecule has 0 spiro atoms. The molecule has 9 heteroatoms. The van der Waals surface area contributed by atoms with Crippen LogP contribution < -0.4 is 14.8 Å². The topological polar surface area (TPSA) is 83.8 Å². The van der Waals surface area contributed by atoms with Gasteiger partial charge in [-0.25, -0.2) is 13.2 Å². The summed E-state index contributed by atoms with van der Waals surface area (Å²) in [6.45, 7) is 0.757. The Morgan fingerprint density at radius 2 is 1.76 bits per heavy atom. The molecule has 200 valence electrons. The largest absolute Gasteiger partial charge is 0.497 e. The Balaban J connectivity index is 1.48. The number of hydrogen-bond donors (Lipinski definition) is 3. The summed E-state index contributed by atoms with van der Waals surface area (Å²) in [7, 11) is 1.54. The van der Waals surface area contributed by atoms with Crippen molar-refractivity contribution < 1.29 is 32.9 Å². The van der Waals surface area contributed by atoms with E-state index in [4.69, 9.17) is 9.47 Å². The summed E-state index contributed by atoms with van der Waals surface area (Å²) in [5, 5.41) is 26.4. The van der Waals surface area contributed by atoms with Crippen molar-refractivity contribution in [2.45, 2.75) is 51.0 Å². The Hall–Kier alpha value is -2.88. The highest BCUT2D eigenvalue weighted by Gasteiger charge is 2.39. The fourth-order valence-electron chi connectivity index (χ4n) is 5.31. The van der Waals surface area contributed by atoms with Crippen LogP contribution in [0.2, 0.25) is 0 Å². The summed E-state index contributed by atoms with van der Waals surface area (Å²) in [5.74, 6) is -0.804. The lowest BCUT2D eigenvalue weighted by molar-refractivity contribution is -0.0260. The number of rotatable bonds is 11. The van der Waals surface area contributed by atoms with Crippen molar-refractivity contribution >= 4 is 10.9 Å². The van der Waals surface area contributed by atoms with Gasteiger partial charge in [-0.2, -0.15) is 0 Å². The quantitative estimate of drug-likeness (QED) is 0.331. The predicted molar refractivity (Wildman–Crippen MR) is 134 cm³/mol. The molecule has 1 aliphatic rings. The Bertz CT molecular complexity index is 1180. The van der Waals surface area contributed by atoms with Gasteiger partial charge >= 0.3 is 0 Å². The van der Waals surface area contributed by atoms with Gasteiger partial charge in [0.05, 0.1) is 31.4 Å². The van der Waals surface area contributed by atoms with Gasteiger partial charge in [-0.1, -0.05) is 0 Å². The number of piperidine rings is 1. The molecule has 0 unspecified atom stereocenters. The van der Waals surface area contributed by atoms with E-state index in [2.05, 4.69) is 10.3 Å². The monoisotopic (exact) mass is 518 g/mol. The van der Waals surface area contributed by atoms with Crippen molar-refractivity contribution in [3.63, 3.8) is 0 Å². The molecule has 0 radical (unpaired) electrons. The van der Waals surface area contributed by atoms with Gasteiger partial charge in [0, 0.05) is 41.8 Å². The van der Waals surface area contributed by atoms with Crippen LogP contribution in [0.15, 0.2) is 42.6 Å². The molecule has 3 aromatic rings. The van der Waals surface area contributed by atoms with E-state index in [-0.39, 0.29) is 18.8 Å². The Morgan fingerprint density at radius 1 is 1.03 bits per heavy atom. The highest BCUT2D eigenvalue weighted by Crippen LogP contribution is 2.42. The number of fused-ring (bicyclic) bond motifs is 1. The van der Waals surface area contributed by atoms with Crippen molar-refractivity contribution in [2.24, 2.45) is 5.41 Å². The van der Waals surface area contributed by atoms with E-state index in [0.717, 1.165) is 18.2 Å². The highest BCUT2D eigenvalue weighted by atomic mass is 19.1. The second kappa shape index (κ2) is 12.1. The van der Waals surface area contributed by atoms with Gasteiger partial charge < -0.3 is 25.0 Å². The molecule has 2 aromatic carbocycles. The highest BCUT2D eigenvalue weighted by molar-refractivity contribution is 5.85. The Morgan fingerprint density at radius 3 is 2.43 bits per heavy atom. The zero-order chi connectivity index (χ0) is 26.4. The maximum atomic E-state index is 13.9. The van der Waals surface area contributed by atoms with E-state index in [9.17, 15) is 23.4 Å². The van der Waals surface area contributed by atoms with Crippen LogP contribution in [-0.4, -0.2) is 48.1 Å². The summed E-state index contributed by atoms with van der Waals surface area (Å²) in [4.78, 5) is 4.32. The van der Waals surface area contributed by atoms with Crippen molar-refractivity contribution in [2.75, 3.05) is 26.8 Å². The Labute approximate surface area is 214 Å². The third-order valence-electron chi connectivity index (χ3n) is 7.39. The molecular weight excluding hydrogens is 485 g/mol. The summed E-state index contributed by atoms with van der Waals surface area (Å²) in [6, 6.07) is 8.26. The number of ether oxygens (including phenoxy) is 2. The van der Waals surface area contributed by atoms with Crippen LogP contribution in [0.4, 0.5) is 13.2 Å². The van der Waals surface area contributed by atoms with Crippen molar-refractivity contribution in [3.05, 3.63) is 65.4 Å². The molecule has 0 saturated carbocycles. The summed E-state index contributed by atoms with van der Waals surface area (Å²) in [6.07, 6.45) is 2.20. The van der Waals surface area contributed by atoms with E-state index in [1.54, 1.807) is 25.3 Å². The number of nitrogens with zero attached hydrogens (tertiary/aromatic N) is 1. The first-order valence-electron chi connectivity index (χ1n) is 12.5. The van der Waals surface area contributed by atoms with E-state index in [0.29, 0.717) is 66.6 Å². The fourth-order valence-corrected chi connectivity index (χ4v) is 5.31. The van der Waals surface area contributed by atoms with Gasteiger partial charge in [0.2, 0.25) is 0 Å². The average molecular weight is 519 g/mol. The minimum absolute atomic E-state index is 0.0678. The maximum Gasteiger partial charge on any atom is 0.129 e. The van der Waals surface area contributed by atoms with E-state index in [1.165, 1.54) is 6.20 Å². The SMILES string of the molecule is COc1ccc2ncc(CF)c([C@H](O)CCC3([C@@H](O)CCOc4cc(F)cc(F)c4)CCNCC3)c2c1. The maximum absolute atomic E-state index is 13.9. The van der Waals surface area contributed by atoms with Crippen LogP contribution in [0.5, 0.6) is 11.5 Å². The molecule has 1 aromatic heterocycles. The fraction of sp³-hybridized carbons (Fsp3) is 0.464. The first-order chi connectivity index (χ1) is 17.8. The first kappa shape index (κ1) is 27.2. The smallest absolute Gasteiger partial charge is 0.129 e. The van der Waals surface area contributed by atoms with Gasteiger partial charge in [0.15, 0.2) is 0 Å².